The number of thioether (sulfide) groups is 1. The van der Waals surface area contributed by atoms with Crippen LogP contribution in [-0.2, 0) is 16.1 Å². The van der Waals surface area contributed by atoms with E-state index in [-0.39, 0.29) is 17.3 Å². The van der Waals surface area contributed by atoms with Gasteiger partial charge in [0.2, 0.25) is 5.91 Å². The number of thiophene rings is 1. The van der Waals surface area contributed by atoms with E-state index in [9.17, 15) is 4.79 Å². The van der Waals surface area contributed by atoms with Gasteiger partial charge in [0, 0.05) is 19.7 Å². The van der Waals surface area contributed by atoms with Gasteiger partial charge < -0.3 is 9.64 Å². The highest BCUT2D eigenvalue weighted by Crippen LogP contribution is 2.31. The molecule has 2 aliphatic heterocycles. The van der Waals surface area contributed by atoms with Crippen molar-refractivity contribution in [3.8, 4) is 10.7 Å². The molecule has 2 atom stereocenters. The lowest BCUT2D eigenvalue weighted by molar-refractivity contribution is -0.129. The van der Waals surface area contributed by atoms with E-state index >= 15 is 0 Å². The van der Waals surface area contributed by atoms with Gasteiger partial charge in [-0.05, 0) is 44.1 Å². The number of aromatic nitrogens is 3. The Morgan fingerprint density at radius 1 is 1.38 bits per heavy atom. The molecule has 26 heavy (non-hydrogen) atoms. The van der Waals surface area contributed by atoms with Gasteiger partial charge in [0.15, 0.2) is 11.0 Å². The zero-order chi connectivity index (χ0) is 17.9. The minimum atomic E-state index is -0.156. The lowest BCUT2D eigenvalue weighted by Crippen LogP contribution is -2.34. The molecule has 2 aromatic heterocycles. The Morgan fingerprint density at radius 2 is 2.23 bits per heavy atom. The second-order valence-electron chi connectivity index (χ2n) is 6.82. The van der Waals surface area contributed by atoms with Crippen molar-refractivity contribution in [1.29, 1.82) is 0 Å². The fourth-order valence-corrected chi connectivity index (χ4v) is 5.18. The molecule has 0 radical (unpaired) electrons. The zero-order valence-electron chi connectivity index (χ0n) is 15.0. The third-order valence-electron chi connectivity index (χ3n) is 4.92. The van der Waals surface area contributed by atoms with E-state index in [0.717, 1.165) is 67.8 Å². The second kappa shape index (κ2) is 8.10. The minimum absolute atomic E-state index is 0.156. The van der Waals surface area contributed by atoms with Crippen LogP contribution in [0, 0.1) is 0 Å². The Morgan fingerprint density at radius 3 is 2.92 bits per heavy atom. The number of carbonyl (C=O) groups excluding carboxylic acids is 1. The van der Waals surface area contributed by atoms with Crippen LogP contribution in [0.4, 0.5) is 0 Å². The number of hydrogen-bond acceptors (Lipinski definition) is 6. The molecule has 0 saturated carbocycles. The molecule has 0 aliphatic carbocycles. The summed E-state index contributed by atoms with van der Waals surface area (Å²) in [7, 11) is 0. The first-order valence-electron chi connectivity index (χ1n) is 9.26. The van der Waals surface area contributed by atoms with Crippen molar-refractivity contribution in [2.45, 2.75) is 55.7 Å². The van der Waals surface area contributed by atoms with Crippen LogP contribution in [0.25, 0.3) is 10.7 Å². The van der Waals surface area contributed by atoms with Crippen LogP contribution < -0.4 is 0 Å². The maximum absolute atomic E-state index is 12.7. The lowest BCUT2D eigenvalue weighted by Gasteiger charge is -2.20. The Bertz CT molecular complexity index is 734. The summed E-state index contributed by atoms with van der Waals surface area (Å²) in [6, 6.07) is 4.09. The number of amides is 1. The molecule has 2 unspecified atom stereocenters. The first kappa shape index (κ1) is 18.0. The molecule has 1 amide bonds. The van der Waals surface area contributed by atoms with Crippen LogP contribution in [0.1, 0.15) is 32.6 Å². The summed E-state index contributed by atoms with van der Waals surface area (Å²) < 4.78 is 7.97. The zero-order valence-corrected chi connectivity index (χ0v) is 16.6. The molecular weight excluding hydrogens is 368 g/mol. The normalized spacial score (nSPS) is 21.4. The smallest absolute Gasteiger partial charge is 0.235 e. The van der Waals surface area contributed by atoms with Gasteiger partial charge in [0.25, 0.3) is 0 Å². The maximum Gasteiger partial charge on any atom is 0.235 e. The van der Waals surface area contributed by atoms with Crippen molar-refractivity contribution >= 4 is 29.0 Å². The Balaban J connectivity index is 1.55. The summed E-state index contributed by atoms with van der Waals surface area (Å²) in [6.07, 6.45) is 4.59. The molecule has 0 spiro atoms. The number of nitrogens with zero attached hydrogens (tertiary/aromatic N) is 4. The Labute approximate surface area is 161 Å². The van der Waals surface area contributed by atoms with Crippen LogP contribution in [0.3, 0.4) is 0 Å². The van der Waals surface area contributed by atoms with Crippen LogP contribution in [0.2, 0.25) is 0 Å². The van der Waals surface area contributed by atoms with E-state index in [4.69, 9.17) is 4.74 Å². The van der Waals surface area contributed by atoms with Gasteiger partial charge in [-0.3, -0.25) is 9.36 Å². The molecule has 2 saturated heterocycles. The number of hydrogen-bond donors (Lipinski definition) is 0. The highest BCUT2D eigenvalue weighted by Gasteiger charge is 2.28. The molecule has 0 bridgehead atoms. The molecule has 8 heteroatoms. The summed E-state index contributed by atoms with van der Waals surface area (Å²) in [5.41, 5.74) is 0. The average Bonchev–Trinajstić information content (AvgIpc) is 3.43. The number of carbonyl (C=O) groups is 1. The fourth-order valence-electron chi connectivity index (χ4n) is 3.52. The molecule has 2 aromatic rings. The highest BCUT2D eigenvalue weighted by molar-refractivity contribution is 8.00. The Hall–Kier alpha value is -1.38. The van der Waals surface area contributed by atoms with Crippen LogP contribution >= 0.6 is 23.1 Å². The molecule has 2 fully saturated rings. The second-order valence-corrected chi connectivity index (χ2v) is 9.08. The van der Waals surface area contributed by atoms with Gasteiger partial charge >= 0.3 is 0 Å². The van der Waals surface area contributed by atoms with Gasteiger partial charge in [0.05, 0.1) is 22.8 Å². The average molecular weight is 393 g/mol. The van der Waals surface area contributed by atoms with E-state index < -0.39 is 0 Å². The van der Waals surface area contributed by atoms with Gasteiger partial charge in [-0.1, -0.05) is 17.8 Å². The van der Waals surface area contributed by atoms with Gasteiger partial charge in [0.1, 0.15) is 0 Å². The van der Waals surface area contributed by atoms with E-state index in [1.54, 1.807) is 11.3 Å². The molecule has 4 heterocycles. The number of rotatable bonds is 6. The molecular formula is C18H24N4O2S2. The molecule has 0 N–H and O–H groups in total. The van der Waals surface area contributed by atoms with Gasteiger partial charge in [-0.2, -0.15) is 0 Å². The summed E-state index contributed by atoms with van der Waals surface area (Å²) in [4.78, 5) is 15.7. The maximum atomic E-state index is 12.7. The SMILES string of the molecule is CC(Sc1nnc(-c2cccs2)n1CC1CCCO1)C(=O)N1CCCC1. The van der Waals surface area contributed by atoms with Gasteiger partial charge in [-0.15, -0.1) is 21.5 Å². The quantitative estimate of drug-likeness (QED) is 0.706. The molecule has 0 aromatic carbocycles. The molecule has 140 valence electrons. The van der Waals surface area contributed by atoms with E-state index in [1.165, 1.54) is 11.8 Å². The number of likely N-dealkylation sites (tertiary alicyclic amines) is 1. The van der Waals surface area contributed by atoms with Crippen molar-refractivity contribution < 1.29 is 9.53 Å². The number of ether oxygens (including phenoxy) is 1. The van der Waals surface area contributed by atoms with Crippen molar-refractivity contribution in [1.82, 2.24) is 19.7 Å². The third kappa shape index (κ3) is 3.82. The Kier molecular flexibility index (Phi) is 5.61. The van der Waals surface area contributed by atoms with Crippen LogP contribution in [0.5, 0.6) is 0 Å². The first-order valence-corrected chi connectivity index (χ1v) is 11.0. The summed E-state index contributed by atoms with van der Waals surface area (Å²) in [5.74, 6) is 1.08. The van der Waals surface area contributed by atoms with Crippen molar-refractivity contribution in [2.24, 2.45) is 0 Å². The molecule has 6 nitrogen and oxygen atoms in total. The first-order chi connectivity index (χ1) is 12.7. The van der Waals surface area contributed by atoms with Gasteiger partial charge in [-0.25, -0.2) is 0 Å². The van der Waals surface area contributed by atoms with Crippen molar-refractivity contribution in [3.63, 3.8) is 0 Å². The summed E-state index contributed by atoms with van der Waals surface area (Å²) in [5, 5.41) is 11.6. The fraction of sp³-hybridized carbons (Fsp3) is 0.611. The van der Waals surface area contributed by atoms with Crippen molar-refractivity contribution in [3.05, 3.63) is 17.5 Å². The summed E-state index contributed by atoms with van der Waals surface area (Å²) >= 11 is 3.17. The van der Waals surface area contributed by atoms with Crippen LogP contribution in [0.15, 0.2) is 22.7 Å². The van der Waals surface area contributed by atoms with E-state index in [0.29, 0.717) is 0 Å². The highest BCUT2D eigenvalue weighted by atomic mass is 32.2. The van der Waals surface area contributed by atoms with Crippen molar-refractivity contribution in [2.75, 3.05) is 19.7 Å². The largest absolute Gasteiger partial charge is 0.376 e. The summed E-state index contributed by atoms with van der Waals surface area (Å²) in [6.45, 7) is 5.31. The predicted octanol–water partition coefficient (Wildman–Crippen LogP) is 3.29. The predicted molar refractivity (Wildman–Crippen MR) is 103 cm³/mol. The third-order valence-corrected chi connectivity index (χ3v) is 6.85. The monoisotopic (exact) mass is 392 g/mol. The standard InChI is InChI=1S/C18H24N4O2S2/c1-13(17(23)21-8-2-3-9-21)26-18-20-19-16(15-7-5-11-25-15)22(18)12-14-6-4-10-24-14/h5,7,11,13-14H,2-4,6,8-10,12H2,1H3. The lowest BCUT2D eigenvalue weighted by atomic mass is 10.2. The minimum Gasteiger partial charge on any atom is -0.376 e. The van der Waals surface area contributed by atoms with Crippen LogP contribution in [-0.4, -0.2) is 56.6 Å². The topological polar surface area (TPSA) is 60.2 Å². The van der Waals surface area contributed by atoms with E-state index in [2.05, 4.69) is 20.8 Å². The van der Waals surface area contributed by atoms with E-state index in [1.807, 2.05) is 23.3 Å². The molecule has 2 aliphatic rings. The molecule has 4 rings (SSSR count).